The number of benzene rings is 3. The highest BCUT2D eigenvalue weighted by Crippen LogP contribution is 2.23. The van der Waals surface area contributed by atoms with Crippen molar-refractivity contribution >= 4 is 32.4 Å². The molecular formula is C23H25N3O3S. The second-order valence-corrected chi connectivity index (χ2v) is 9.61. The fourth-order valence-electron chi connectivity index (χ4n) is 3.65. The number of anilines is 1. The highest BCUT2D eigenvalue weighted by Gasteiger charge is 2.25. The highest BCUT2D eigenvalue weighted by molar-refractivity contribution is 7.88. The summed E-state index contributed by atoms with van der Waals surface area (Å²) < 4.78 is 26.9. The fraction of sp³-hybridized carbons (Fsp3) is 0.261. The van der Waals surface area contributed by atoms with E-state index in [1.807, 2.05) is 49.5 Å². The van der Waals surface area contributed by atoms with Crippen LogP contribution >= 0.6 is 0 Å². The number of rotatable bonds is 5. The molecule has 1 amide bonds. The molecule has 3 aromatic rings. The molecule has 1 N–H and O–H groups in total. The van der Waals surface area contributed by atoms with E-state index >= 15 is 0 Å². The van der Waals surface area contributed by atoms with Crippen LogP contribution in [0.5, 0.6) is 0 Å². The number of carbonyl (C=O) groups is 1. The van der Waals surface area contributed by atoms with Crippen LogP contribution in [-0.2, 0) is 15.8 Å². The average molecular weight is 424 g/mol. The largest absolute Gasteiger partial charge is 0.321 e. The molecule has 4 rings (SSSR count). The first kappa shape index (κ1) is 20.5. The van der Waals surface area contributed by atoms with Gasteiger partial charge in [-0.25, -0.2) is 8.42 Å². The first-order valence-electron chi connectivity index (χ1n) is 9.97. The zero-order valence-electron chi connectivity index (χ0n) is 16.9. The van der Waals surface area contributed by atoms with Gasteiger partial charge < -0.3 is 10.2 Å². The predicted octanol–water partition coefficient (Wildman–Crippen LogP) is 3.17. The Kier molecular flexibility index (Phi) is 5.85. The van der Waals surface area contributed by atoms with Crippen molar-refractivity contribution in [2.24, 2.45) is 0 Å². The second-order valence-electron chi connectivity index (χ2n) is 7.64. The summed E-state index contributed by atoms with van der Waals surface area (Å²) in [7, 11) is -1.37. The fourth-order valence-corrected chi connectivity index (χ4v) is 5.17. The minimum Gasteiger partial charge on any atom is -0.321 e. The van der Waals surface area contributed by atoms with E-state index in [9.17, 15) is 13.2 Å². The molecule has 1 saturated heterocycles. The number of fused-ring (bicyclic) bond motifs is 1. The van der Waals surface area contributed by atoms with Gasteiger partial charge in [0.25, 0.3) is 5.91 Å². The molecule has 1 fully saturated rings. The molecule has 0 atom stereocenters. The lowest BCUT2D eigenvalue weighted by Gasteiger charge is -2.31. The van der Waals surface area contributed by atoms with Crippen molar-refractivity contribution in [1.82, 2.24) is 9.21 Å². The Labute approximate surface area is 177 Å². The number of sulfonamides is 1. The Bertz CT molecular complexity index is 1150. The van der Waals surface area contributed by atoms with Crippen molar-refractivity contribution < 1.29 is 13.2 Å². The van der Waals surface area contributed by atoms with E-state index in [1.165, 1.54) is 0 Å². The molecule has 0 spiro atoms. The molecule has 1 aliphatic heterocycles. The first-order chi connectivity index (χ1) is 14.4. The van der Waals surface area contributed by atoms with Gasteiger partial charge >= 0.3 is 0 Å². The zero-order chi connectivity index (χ0) is 21.1. The molecule has 6 nitrogen and oxygen atoms in total. The zero-order valence-corrected chi connectivity index (χ0v) is 17.7. The third-order valence-corrected chi connectivity index (χ3v) is 7.31. The maximum Gasteiger partial charge on any atom is 0.255 e. The maximum atomic E-state index is 12.7. The van der Waals surface area contributed by atoms with Crippen LogP contribution in [0.15, 0.2) is 66.7 Å². The van der Waals surface area contributed by atoms with E-state index in [-0.39, 0.29) is 11.7 Å². The van der Waals surface area contributed by atoms with E-state index in [0.29, 0.717) is 24.2 Å². The molecule has 30 heavy (non-hydrogen) atoms. The Balaban J connectivity index is 1.45. The minimum atomic E-state index is -3.36. The standard InChI is InChI=1S/C23H25N3O3S/c1-25-13-15-26(16-14-25)30(28,29)17-18-9-11-20(12-10-18)23(27)24-22-8-4-6-19-5-2-3-7-21(19)22/h2-12H,13-17H2,1H3,(H,24,27). The Morgan fingerprint density at radius 2 is 1.57 bits per heavy atom. The predicted molar refractivity (Wildman–Crippen MR) is 120 cm³/mol. The van der Waals surface area contributed by atoms with Crippen molar-refractivity contribution in [2.75, 3.05) is 38.5 Å². The quantitative estimate of drug-likeness (QED) is 0.684. The molecule has 3 aromatic carbocycles. The molecule has 0 saturated carbocycles. The number of nitrogens with zero attached hydrogens (tertiary/aromatic N) is 2. The third kappa shape index (κ3) is 4.53. The lowest BCUT2D eigenvalue weighted by atomic mass is 10.1. The van der Waals surface area contributed by atoms with E-state index in [2.05, 4.69) is 10.2 Å². The summed E-state index contributed by atoms with van der Waals surface area (Å²) in [6, 6.07) is 20.4. The maximum absolute atomic E-state index is 12.7. The summed E-state index contributed by atoms with van der Waals surface area (Å²) in [5.74, 6) is -0.276. The number of carbonyl (C=O) groups excluding carboxylic acids is 1. The number of nitrogens with one attached hydrogen (secondary N) is 1. The molecule has 1 aliphatic rings. The van der Waals surface area contributed by atoms with Gasteiger partial charge in [0, 0.05) is 42.8 Å². The van der Waals surface area contributed by atoms with Crippen LogP contribution in [0.3, 0.4) is 0 Å². The number of hydrogen-bond donors (Lipinski definition) is 1. The van der Waals surface area contributed by atoms with Gasteiger partial charge in [0.2, 0.25) is 10.0 Å². The van der Waals surface area contributed by atoms with Crippen molar-refractivity contribution in [3.8, 4) is 0 Å². The number of likely N-dealkylation sites (N-methyl/N-ethyl adjacent to an activating group) is 1. The average Bonchev–Trinajstić information content (AvgIpc) is 2.74. The minimum absolute atomic E-state index is 0.0536. The van der Waals surface area contributed by atoms with Crippen LogP contribution in [-0.4, -0.2) is 56.8 Å². The van der Waals surface area contributed by atoms with Crippen molar-refractivity contribution in [3.05, 3.63) is 77.9 Å². The van der Waals surface area contributed by atoms with Crippen molar-refractivity contribution in [3.63, 3.8) is 0 Å². The topological polar surface area (TPSA) is 69.7 Å². The molecule has 0 radical (unpaired) electrons. The Morgan fingerprint density at radius 1 is 0.900 bits per heavy atom. The first-order valence-corrected chi connectivity index (χ1v) is 11.6. The van der Waals surface area contributed by atoms with Crippen LogP contribution in [0.4, 0.5) is 5.69 Å². The lowest BCUT2D eigenvalue weighted by Crippen LogP contribution is -2.47. The number of hydrogen-bond acceptors (Lipinski definition) is 4. The summed E-state index contributed by atoms with van der Waals surface area (Å²) in [5, 5.41) is 4.99. The molecule has 1 heterocycles. The summed E-state index contributed by atoms with van der Waals surface area (Å²) >= 11 is 0. The summed E-state index contributed by atoms with van der Waals surface area (Å²) in [6.07, 6.45) is 0. The van der Waals surface area contributed by atoms with Gasteiger partial charge in [-0.05, 0) is 36.2 Å². The van der Waals surface area contributed by atoms with Crippen LogP contribution < -0.4 is 5.32 Å². The molecule has 0 aromatic heterocycles. The smallest absolute Gasteiger partial charge is 0.255 e. The van der Waals surface area contributed by atoms with Gasteiger partial charge in [0.15, 0.2) is 0 Å². The van der Waals surface area contributed by atoms with Gasteiger partial charge in [0.05, 0.1) is 5.75 Å². The van der Waals surface area contributed by atoms with Crippen molar-refractivity contribution in [1.29, 1.82) is 0 Å². The highest BCUT2D eigenvalue weighted by atomic mass is 32.2. The van der Waals surface area contributed by atoms with Gasteiger partial charge in [-0.1, -0.05) is 48.5 Å². The molecular weight excluding hydrogens is 398 g/mol. The van der Waals surface area contributed by atoms with Crippen molar-refractivity contribution in [2.45, 2.75) is 5.75 Å². The summed E-state index contributed by atoms with van der Waals surface area (Å²) in [4.78, 5) is 14.8. The van der Waals surface area contributed by atoms with Gasteiger partial charge in [-0.2, -0.15) is 4.31 Å². The summed E-state index contributed by atoms with van der Waals surface area (Å²) in [5.41, 5.74) is 1.92. The van der Waals surface area contributed by atoms with Gasteiger partial charge in [0.1, 0.15) is 0 Å². The van der Waals surface area contributed by atoms with Gasteiger partial charge in [-0.3, -0.25) is 4.79 Å². The normalized spacial score (nSPS) is 15.9. The van der Waals surface area contributed by atoms with Crippen LogP contribution in [0.25, 0.3) is 10.8 Å². The van der Waals surface area contributed by atoms with Crippen LogP contribution in [0, 0.1) is 0 Å². The Hall–Kier alpha value is -2.74. The monoisotopic (exact) mass is 423 g/mol. The van der Waals surface area contributed by atoms with Crippen LogP contribution in [0.1, 0.15) is 15.9 Å². The number of piperazine rings is 1. The molecule has 0 aliphatic carbocycles. The number of amides is 1. The molecule has 7 heteroatoms. The van der Waals surface area contributed by atoms with E-state index in [0.717, 1.165) is 29.5 Å². The molecule has 0 unspecified atom stereocenters. The summed E-state index contributed by atoms with van der Waals surface area (Å²) in [6.45, 7) is 2.52. The van der Waals surface area contributed by atoms with Crippen LogP contribution in [0.2, 0.25) is 0 Å². The van der Waals surface area contributed by atoms with Gasteiger partial charge in [-0.15, -0.1) is 0 Å². The lowest BCUT2D eigenvalue weighted by molar-refractivity contribution is 0.102. The Morgan fingerprint density at radius 3 is 2.30 bits per heavy atom. The van der Waals surface area contributed by atoms with E-state index in [1.54, 1.807) is 28.6 Å². The second kappa shape index (κ2) is 8.55. The molecule has 0 bridgehead atoms. The third-order valence-electron chi connectivity index (χ3n) is 5.46. The molecule has 156 valence electrons. The van der Waals surface area contributed by atoms with E-state index in [4.69, 9.17) is 0 Å². The van der Waals surface area contributed by atoms with E-state index < -0.39 is 10.0 Å². The SMILES string of the molecule is CN1CCN(S(=O)(=O)Cc2ccc(C(=O)Nc3cccc4ccccc34)cc2)CC1.